The molecule has 150 valence electrons. The fourth-order valence-electron chi connectivity index (χ4n) is 2.25. The topological polar surface area (TPSA) is 66.0 Å². The lowest BCUT2D eigenvalue weighted by Gasteiger charge is -2.09. The van der Waals surface area contributed by atoms with Crippen LogP contribution in [0.25, 0.3) is 0 Å². The molecule has 6 heteroatoms. The fraction of sp³-hybridized carbons (Fsp3) is 0.947. The predicted octanol–water partition coefficient (Wildman–Crippen LogP) is 2.94. The summed E-state index contributed by atoms with van der Waals surface area (Å²) in [5.74, 6) is 0.116. The molecular formula is C19H39NO5. The highest BCUT2D eigenvalue weighted by Gasteiger charge is 2.00. The largest absolute Gasteiger partial charge is 0.385 e. The Balaban J connectivity index is 3.15. The van der Waals surface area contributed by atoms with Gasteiger partial charge in [0.25, 0.3) is 0 Å². The molecule has 0 heterocycles. The molecule has 0 rings (SSSR count). The van der Waals surface area contributed by atoms with Crippen molar-refractivity contribution in [1.82, 2.24) is 5.32 Å². The molecule has 0 aliphatic carbocycles. The van der Waals surface area contributed by atoms with Crippen molar-refractivity contribution in [3.8, 4) is 0 Å². The van der Waals surface area contributed by atoms with E-state index in [4.69, 9.17) is 18.9 Å². The molecule has 0 fully saturated rings. The number of hydrogen-bond donors (Lipinski definition) is 1. The third kappa shape index (κ3) is 21.3. The molecule has 0 aromatic rings. The Kier molecular flexibility index (Phi) is 19.1. The van der Waals surface area contributed by atoms with Gasteiger partial charge in [-0.15, -0.1) is 0 Å². The van der Waals surface area contributed by atoms with Crippen molar-refractivity contribution in [2.75, 3.05) is 53.3 Å². The first-order chi connectivity index (χ1) is 12.2. The van der Waals surface area contributed by atoms with Crippen molar-refractivity contribution in [3.05, 3.63) is 0 Å². The van der Waals surface area contributed by atoms with E-state index in [1.807, 2.05) is 13.8 Å². The summed E-state index contributed by atoms with van der Waals surface area (Å²) in [5, 5.41) is 2.88. The quantitative estimate of drug-likeness (QED) is 0.358. The normalized spacial score (nSPS) is 11.2. The molecule has 0 bridgehead atoms. The van der Waals surface area contributed by atoms with Crippen molar-refractivity contribution in [2.24, 2.45) is 0 Å². The Hall–Kier alpha value is -0.690. The van der Waals surface area contributed by atoms with Crippen LogP contribution >= 0.6 is 0 Å². The van der Waals surface area contributed by atoms with Crippen molar-refractivity contribution < 1.29 is 23.7 Å². The predicted molar refractivity (Wildman–Crippen MR) is 99.9 cm³/mol. The van der Waals surface area contributed by atoms with Crippen LogP contribution < -0.4 is 5.32 Å². The van der Waals surface area contributed by atoms with Gasteiger partial charge in [0, 0.05) is 26.7 Å². The number of nitrogens with one attached hydrogen (secondary N) is 1. The first kappa shape index (κ1) is 24.3. The van der Waals surface area contributed by atoms with Crippen molar-refractivity contribution >= 4 is 5.91 Å². The molecule has 0 saturated carbocycles. The van der Waals surface area contributed by atoms with E-state index in [-0.39, 0.29) is 12.0 Å². The second kappa shape index (κ2) is 19.6. The maximum Gasteiger partial charge on any atom is 0.220 e. The molecular weight excluding hydrogens is 322 g/mol. The van der Waals surface area contributed by atoms with Gasteiger partial charge in [0.15, 0.2) is 0 Å². The van der Waals surface area contributed by atoms with Gasteiger partial charge in [-0.3, -0.25) is 4.79 Å². The number of ether oxygens (including phenoxy) is 4. The van der Waals surface area contributed by atoms with E-state index in [1.54, 1.807) is 7.11 Å². The van der Waals surface area contributed by atoms with E-state index in [0.717, 1.165) is 25.9 Å². The Labute approximate surface area is 153 Å². The van der Waals surface area contributed by atoms with E-state index in [1.165, 1.54) is 19.3 Å². The summed E-state index contributed by atoms with van der Waals surface area (Å²) in [7, 11) is 1.74. The zero-order valence-electron chi connectivity index (χ0n) is 16.5. The van der Waals surface area contributed by atoms with Crippen LogP contribution in [0.2, 0.25) is 0 Å². The molecule has 1 amide bonds. The fourth-order valence-corrected chi connectivity index (χ4v) is 2.25. The summed E-state index contributed by atoms with van der Waals surface area (Å²) < 4.78 is 21.2. The van der Waals surface area contributed by atoms with Gasteiger partial charge in [0.05, 0.1) is 39.1 Å². The van der Waals surface area contributed by atoms with Gasteiger partial charge in [-0.1, -0.05) is 25.7 Å². The molecule has 0 aromatic heterocycles. The van der Waals surface area contributed by atoms with Crippen LogP contribution in [0.4, 0.5) is 0 Å². The Morgan fingerprint density at radius 1 is 0.800 bits per heavy atom. The number of carbonyl (C=O) groups excluding carboxylic acids is 1. The SMILES string of the molecule is COCCCCCCCCC(=O)NCCOCCOCCOC(C)C. The van der Waals surface area contributed by atoms with E-state index >= 15 is 0 Å². The first-order valence-electron chi connectivity index (χ1n) is 9.69. The van der Waals surface area contributed by atoms with Crippen molar-refractivity contribution in [1.29, 1.82) is 0 Å². The minimum absolute atomic E-state index is 0.116. The zero-order valence-corrected chi connectivity index (χ0v) is 16.5. The second-order valence-electron chi connectivity index (χ2n) is 6.36. The third-order valence-corrected chi connectivity index (χ3v) is 3.62. The average Bonchev–Trinajstić information content (AvgIpc) is 2.58. The standard InChI is InChI=1S/C19H39NO5/c1-18(2)25-17-16-24-15-14-23-13-11-20-19(21)10-8-6-4-5-7-9-12-22-3/h18H,4-17H2,1-3H3,(H,20,21). The molecule has 0 spiro atoms. The summed E-state index contributed by atoms with van der Waals surface area (Å²) in [6.07, 6.45) is 7.70. The number of amides is 1. The molecule has 0 aromatic carbocycles. The van der Waals surface area contributed by atoms with Crippen LogP contribution in [-0.4, -0.2) is 65.3 Å². The number of rotatable bonds is 19. The second-order valence-corrected chi connectivity index (χ2v) is 6.36. The van der Waals surface area contributed by atoms with Crippen LogP contribution in [0.1, 0.15) is 58.8 Å². The van der Waals surface area contributed by atoms with E-state index < -0.39 is 0 Å². The third-order valence-electron chi connectivity index (χ3n) is 3.62. The number of carbonyl (C=O) groups is 1. The van der Waals surface area contributed by atoms with Gasteiger partial charge in [0.2, 0.25) is 5.91 Å². The Morgan fingerprint density at radius 2 is 1.40 bits per heavy atom. The lowest BCUT2D eigenvalue weighted by Crippen LogP contribution is -2.27. The van der Waals surface area contributed by atoms with Crippen molar-refractivity contribution in [3.63, 3.8) is 0 Å². The van der Waals surface area contributed by atoms with Crippen LogP contribution in [0.5, 0.6) is 0 Å². The summed E-state index contributed by atoms with van der Waals surface area (Å²) in [4.78, 5) is 11.7. The lowest BCUT2D eigenvalue weighted by atomic mass is 10.1. The van der Waals surface area contributed by atoms with Gasteiger partial charge >= 0.3 is 0 Å². The summed E-state index contributed by atoms with van der Waals surface area (Å²) >= 11 is 0. The molecule has 0 unspecified atom stereocenters. The maximum absolute atomic E-state index is 11.7. The summed E-state index contributed by atoms with van der Waals surface area (Å²) in [6.45, 7) is 8.24. The highest BCUT2D eigenvalue weighted by molar-refractivity contribution is 5.75. The average molecular weight is 362 g/mol. The highest BCUT2D eigenvalue weighted by Crippen LogP contribution is 2.07. The van der Waals surface area contributed by atoms with Crippen LogP contribution in [0.15, 0.2) is 0 Å². The Morgan fingerprint density at radius 3 is 2.08 bits per heavy atom. The van der Waals surface area contributed by atoms with Gasteiger partial charge in [-0.25, -0.2) is 0 Å². The van der Waals surface area contributed by atoms with Crippen LogP contribution in [0.3, 0.4) is 0 Å². The molecule has 6 nitrogen and oxygen atoms in total. The molecule has 0 aliphatic rings. The lowest BCUT2D eigenvalue weighted by molar-refractivity contribution is -0.121. The van der Waals surface area contributed by atoms with Crippen LogP contribution in [0, 0.1) is 0 Å². The summed E-state index contributed by atoms with van der Waals surface area (Å²) in [6, 6.07) is 0. The van der Waals surface area contributed by atoms with Gasteiger partial charge in [-0.2, -0.15) is 0 Å². The first-order valence-corrected chi connectivity index (χ1v) is 9.69. The number of methoxy groups -OCH3 is 1. The van der Waals surface area contributed by atoms with E-state index in [9.17, 15) is 4.79 Å². The minimum Gasteiger partial charge on any atom is -0.385 e. The van der Waals surface area contributed by atoms with Gasteiger partial charge in [-0.05, 0) is 26.7 Å². The summed E-state index contributed by atoms with van der Waals surface area (Å²) in [5.41, 5.74) is 0. The number of unbranched alkanes of at least 4 members (excludes halogenated alkanes) is 5. The molecule has 0 aliphatic heterocycles. The zero-order chi connectivity index (χ0) is 18.6. The van der Waals surface area contributed by atoms with Gasteiger partial charge < -0.3 is 24.3 Å². The molecule has 0 atom stereocenters. The highest BCUT2D eigenvalue weighted by atomic mass is 16.5. The monoisotopic (exact) mass is 361 g/mol. The number of hydrogen-bond acceptors (Lipinski definition) is 5. The smallest absolute Gasteiger partial charge is 0.220 e. The van der Waals surface area contributed by atoms with Crippen molar-refractivity contribution in [2.45, 2.75) is 64.9 Å². The minimum atomic E-state index is 0.116. The van der Waals surface area contributed by atoms with E-state index in [0.29, 0.717) is 46.0 Å². The molecule has 1 N–H and O–H groups in total. The van der Waals surface area contributed by atoms with Gasteiger partial charge in [0.1, 0.15) is 0 Å². The molecule has 0 radical (unpaired) electrons. The molecule has 25 heavy (non-hydrogen) atoms. The Bertz CT molecular complexity index is 287. The van der Waals surface area contributed by atoms with Crippen LogP contribution in [-0.2, 0) is 23.7 Å². The molecule has 0 saturated heterocycles. The van der Waals surface area contributed by atoms with E-state index in [2.05, 4.69) is 5.32 Å². The maximum atomic E-state index is 11.7.